The first kappa shape index (κ1) is 16.7. The van der Waals surface area contributed by atoms with Crippen LogP contribution in [0.2, 0.25) is 0 Å². The Labute approximate surface area is 190 Å². The summed E-state index contributed by atoms with van der Waals surface area (Å²) in [6.07, 6.45) is 1.74. The molecule has 0 atom stereocenters. The van der Waals surface area contributed by atoms with Gasteiger partial charge in [-0.2, -0.15) is 0 Å². The first-order valence-electron chi connectivity index (χ1n) is 12.5. The highest BCUT2D eigenvalue weighted by molar-refractivity contribution is 6.01. The normalized spacial score (nSPS) is 17.9. The van der Waals surface area contributed by atoms with Crippen molar-refractivity contribution in [3.8, 4) is 22.4 Å². The molecule has 0 saturated heterocycles. The zero-order chi connectivity index (χ0) is 24.6. The molecular formula is C30H32N+. The molecule has 0 fully saturated rings. The van der Waals surface area contributed by atoms with Gasteiger partial charge in [0.05, 0.1) is 0 Å². The highest BCUT2D eigenvalue weighted by atomic mass is 14.9. The van der Waals surface area contributed by atoms with Gasteiger partial charge in [-0.1, -0.05) is 70.2 Å². The fraction of sp³-hybridized carbons (Fsp3) is 0.300. The van der Waals surface area contributed by atoms with Crippen molar-refractivity contribution in [2.45, 2.75) is 52.3 Å². The van der Waals surface area contributed by atoms with E-state index in [1.807, 2.05) is 17.7 Å². The van der Waals surface area contributed by atoms with Gasteiger partial charge in [0.25, 0.3) is 0 Å². The molecule has 0 bridgehead atoms. The van der Waals surface area contributed by atoms with Crippen molar-refractivity contribution in [2.75, 3.05) is 0 Å². The fourth-order valence-electron chi connectivity index (χ4n) is 5.62. The molecule has 1 aliphatic rings. The molecule has 1 heteroatoms. The monoisotopic (exact) mass is 409 g/mol. The molecule has 1 heterocycles. The summed E-state index contributed by atoms with van der Waals surface area (Å²) in [7, 11) is 1.93. The third-order valence-corrected chi connectivity index (χ3v) is 7.93. The molecule has 0 amide bonds. The largest absolute Gasteiger partial charge is 0.212 e. The third-order valence-electron chi connectivity index (χ3n) is 7.93. The zero-order valence-corrected chi connectivity index (χ0v) is 19.3. The van der Waals surface area contributed by atoms with Gasteiger partial charge in [-0.25, -0.2) is 4.57 Å². The lowest BCUT2D eigenvalue weighted by Gasteiger charge is -2.49. The van der Waals surface area contributed by atoms with Crippen LogP contribution in [-0.4, -0.2) is 0 Å². The van der Waals surface area contributed by atoms with Crippen molar-refractivity contribution in [1.82, 2.24) is 0 Å². The van der Waals surface area contributed by atoms with Crippen LogP contribution in [0.3, 0.4) is 0 Å². The van der Waals surface area contributed by atoms with Crippen molar-refractivity contribution in [3.63, 3.8) is 0 Å². The number of rotatable bonds is 1. The van der Waals surface area contributed by atoms with Crippen LogP contribution in [0.15, 0.2) is 66.9 Å². The van der Waals surface area contributed by atoms with Gasteiger partial charge in [-0.15, -0.1) is 0 Å². The molecule has 156 valence electrons. The first-order chi connectivity index (χ1) is 15.9. The predicted octanol–water partition coefficient (Wildman–Crippen LogP) is 7.18. The Balaban J connectivity index is 1.82. The van der Waals surface area contributed by atoms with Crippen LogP contribution in [0, 0.1) is 13.8 Å². The molecule has 1 aromatic heterocycles. The Morgan fingerprint density at radius 1 is 0.806 bits per heavy atom. The van der Waals surface area contributed by atoms with Crippen LogP contribution in [0.1, 0.15) is 54.1 Å². The molecule has 0 N–H and O–H groups in total. The fourth-order valence-corrected chi connectivity index (χ4v) is 5.62. The van der Waals surface area contributed by atoms with Gasteiger partial charge in [-0.05, 0) is 75.3 Å². The Bertz CT molecular complexity index is 1460. The second kappa shape index (κ2) is 6.53. The molecule has 0 spiro atoms. The van der Waals surface area contributed by atoms with Gasteiger partial charge in [0.15, 0.2) is 6.20 Å². The Morgan fingerprint density at radius 2 is 1.55 bits per heavy atom. The molecule has 1 aliphatic carbocycles. The molecule has 1 nitrogen and oxygen atoms in total. The van der Waals surface area contributed by atoms with E-state index in [0.29, 0.717) is 5.56 Å². The SMILES string of the molecule is [2H]C([2H])([2H])c1ccc(-c2ccc3c(c2C)C(C)(C)C(C)(C)c2ccc4ccccc4c2-3)[n+](C)c1. The predicted molar refractivity (Wildman–Crippen MR) is 132 cm³/mol. The minimum absolute atomic E-state index is 0.0734. The van der Waals surface area contributed by atoms with Gasteiger partial charge < -0.3 is 0 Å². The van der Waals surface area contributed by atoms with Crippen molar-refractivity contribution in [1.29, 1.82) is 0 Å². The van der Waals surface area contributed by atoms with E-state index in [1.165, 1.54) is 38.6 Å². The van der Waals surface area contributed by atoms with Gasteiger partial charge in [-0.3, -0.25) is 0 Å². The maximum absolute atomic E-state index is 7.76. The van der Waals surface area contributed by atoms with E-state index in [4.69, 9.17) is 4.11 Å². The maximum Gasteiger partial charge on any atom is 0.212 e. The van der Waals surface area contributed by atoms with Gasteiger partial charge >= 0.3 is 0 Å². The van der Waals surface area contributed by atoms with Crippen LogP contribution >= 0.6 is 0 Å². The minimum atomic E-state index is -2.11. The number of pyridine rings is 1. The van der Waals surface area contributed by atoms with Crippen LogP contribution in [0.4, 0.5) is 0 Å². The number of hydrogen-bond donors (Lipinski definition) is 0. The average molecular weight is 410 g/mol. The molecular weight excluding hydrogens is 374 g/mol. The van der Waals surface area contributed by atoms with Crippen LogP contribution in [0.25, 0.3) is 33.2 Å². The lowest BCUT2D eigenvalue weighted by Crippen LogP contribution is -2.44. The topological polar surface area (TPSA) is 3.88 Å². The summed E-state index contributed by atoms with van der Waals surface area (Å²) >= 11 is 0. The summed E-state index contributed by atoms with van der Waals surface area (Å²) in [6, 6.07) is 21.4. The molecule has 0 radical (unpaired) electrons. The van der Waals surface area contributed by atoms with Crippen molar-refractivity contribution in [3.05, 3.63) is 89.1 Å². The second-order valence-corrected chi connectivity index (χ2v) is 10.0. The van der Waals surface area contributed by atoms with Crippen molar-refractivity contribution < 1.29 is 8.68 Å². The highest BCUT2D eigenvalue weighted by Crippen LogP contribution is 2.56. The number of aryl methyl sites for hydroxylation is 2. The van der Waals surface area contributed by atoms with E-state index in [0.717, 1.165) is 11.3 Å². The number of benzene rings is 3. The maximum atomic E-state index is 7.76. The van der Waals surface area contributed by atoms with Crippen LogP contribution in [-0.2, 0) is 17.9 Å². The molecule has 0 unspecified atom stereocenters. The van der Waals surface area contributed by atoms with Crippen LogP contribution in [0.5, 0.6) is 0 Å². The summed E-state index contributed by atoms with van der Waals surface area (Å²) in [5.74, 6) is 0. The van der Waals surface area contributed by atoms with E-state index >= 15 is 0 Å². The zero-order valence-electron chi connectivity index (χ0n) is 22.3. The van der Waals surface area contributed by atoms with E-state index in [1.54, 1.807) is 12.3 Å². The number of aromatic nitrogens is 1. The summed E-state index contributed by atoms with van der Waals surface area (Å²) in [5, 5.41) is 2.56. The van der Waals surface area contributed by atoms with E-state index in [2.05, 4.69) is 83.1 Å². The summed E-state index contributed by atoms with van der Waals surface area (Å²) < 4.78 is 25.2. The number of fused-ring (bicyclic) bond motifs is 5. The lowest BCUT2D eigenvalue weighted by molar-refractivity contribution is -0.660. The standard InChI is InChI=1S/C30H32N/c1-19-12-17-26(31(7)18-19)22-14-15-24-27-23-11-9-8-10-21(23)13-16-25(27)29(3,4)30(5,6)28(24)20(22)2/h8-18H,1-7H3/q+1/i1D3. The van der Waals surface area contributed by atoms with Gasteiger partial charge in [0, 0.05) is 21.3 Å². The molecule has 4 aromatic rings. The summed E-state index contributed by atoms with van der Waals surface area (Å²) in [6.45, 7) is 9.55. The quantitative estimate of drug-likeness (QED) is 0.293. The van der Waals surface area contributed by atoms with E-state index in [9.17, 15) is 0 Å². The highest BCUT2D eigenvalue weighted by Gasteiger charge is 2.47. The second-order valence-electron chi connectivity index (χ2n) is 10.0. The summed E-state index contributed by atoms with van der Waals surface area (Å²) in [4.78, 5) is 0. The first-order valence-corrected chi connectivity index (χ1v) is 11.0. The Kier molecular flexibility index (Phi) is 3.52. The van der Waals surface area contributed by atoms with Gasteiger partial charge in [0.2, 0.25) is 5.69 Å². The molecule has 0 saturated carbocycles. The van der Waals surface area contributed by atoms with Gasteiger partial charge in [0.1, 0.15) is 7.05 Å². The molecule has 0 aliphatic heterocycles. The Hall–Kier alpha value is -2.93. The molecule has 5 rings (SSSR count). The lowest BCUT2D eigenvalue weighted by atomic mass is 9.54. The van der Waals surface area contributed by atoms with Crippen molar-refractivity contribution >= 4 is 10.8 Å². The minimum Gasteiger partial charge on any atom is -0.201 e. The van der Waals surface area contributed by atoms with E-state index < -0.39 is 6.85 Å². The van der Waals surface area contributed by atoms with E-state index in [-0.39, 0.29) is 10.8 Å². The molecule has 3 aromatic carbocycles. The molecule has 31 heavy (non-hydrogen) atoms. The Morgan fingerprint density at radius 3 is 2.29 bits per heavy atom. The van der Waals surface area contributed by atoms with Crippen molar-refractivity contribution in [2.24, 2.45) is 7.05 Å². The summed E-state index contributed by atoms with van der Waals surface area (Å²) in [5.41, 5.74) is 9.01. The third kappa shape index (κ3) is 2.65. The number of nitrogens with zero attached hydrogens (tertiary/aromatic N) is 1. The smallest absolute Gasteiger partial charge is 0.201 e. The number of hydrogen-bond acceptors (Lipinski definition) is 0. The van der Waals surface area contributed by atoms with Crippen LogP contribution < -0.4 is 4.57 Å². The average Bonchev–Trinajstić information content (AvgIpc) is 2.76.